The molecule has 1 aromatic heterocycles. The fourth-order valence-corrected chi connectivity index (χ4v) is 2.44. The lowest BCUT2D eigenvalue weighted by atomic mass is 10.0. The van der Waals surface area contributed by atoms with Crippen LogP contribution in [0.4, 0.5) is 0 Å². The standard InChI is InChI=1S/C19H18N2O3/c1-13-6-2-3-7-14(13)16(22)12-20-18(23)10-11-19-21-15-8-4-5-9-17(15)24-19/h2-11,16,22H,12H2,1H3,(H,20,23)/b11-10+. The van der Waals surface area contributed by atoms with Gasteiger partial charge in [-0.1, -0.05) is 36.4 Å². The SMILES string of the molecule is Cc1ccccc1C(O)CNC(=O)/C=C/c1nc2ccccc2o1. The topological polar surface area (TPSA) is 75.4 Å². The normalized spacial score (nSPS) is 12.6. The second-order valence-corrected chi connectivity index (χ2v) is 5.47. The van der Waals surface area contributed by atoms with E-state index < -0.39 is 6.10 Å². The number of carbonyl (C=O) groups excluding carboxylic acids is 1. The maximum absolute atomic E-state index is 11.9. The summed E-state index contributed by atoms with van der Waals surface area (Å²) in [5.41, 5.74) is 3.21. The second-order valence-electron chi connectivity index (χ2n) is 5.47. The number of aromatic nitrogens is 1. The molecule has 24 heavy (non-hydrogen) atoms. The van der Waals surface area contributed by atoms with E-state index in [9.17, 15) is 9.90 Å². The third-order valence-electron chi connectivity index (χ3n) is 3.70. The number of hydrogen-bond donors (Lipinski definition) is 2. The summed E-state index contributed by atoms with van der Waals surface area (Å²) in [5, 5.41) is 12.8. The van der Waals surface area contributed by atoms with E-state index in [2.05, 4.69) is 10.3 Å². The van der Waals surface area contributed by atoms with Gasteiger partial charge < -0.3 is 14.8 Å². The zero-order valence-corrected chi connectivity index (χ0v) is 13.3. The lowest BCUT2D eigenvalue weighted by Gasteiger charge is -2.13. The van der Waals surface area contributed by atoms with E-state index in [1.54, 1.807) is 0 Å². The molecule has 2 N–H and O–H groups in total. The van der Waals surface area contributed by atoms with Gasteiger partial charge in [0.15, 0.2) is 5.58 Å². The van der Waals surface area contributed by atoms with Gasteiger partial charge in [0.25, 0.3) is 0 Å². The number of fused-ring (bicyclic) bond motifs is 1. The number of para-hydroxylation sites is 2. The van der Waals surface area contributed by atoms with Crippen LogP contribution in [0.25, 0.3) is 17.2 Å². The molecule has 0 fully saturated rings. The Balaban J connectivity index is 1.58. The van der Waals surface area contributed by atoms with Crippen LogP contribution < -0.4 is 5.32 Å². The van der Waals surface area contributed by atoms with E-state index in [1.165, 1.54) is 12.2 Å². The van der Waals surface area contributed by atoms with Crippen LogP contribution in [0.2, 0.25) is 0 Å². The average Bonchev–Trinajstić information content (AvgIpc) is 3.01. The van der Waals surface area contributed by atoms with E-state index in [1.807, 2.05) is 55.5 Å². The minimum absolute atomic E-state index is 0.140. The van der Waals surface area contributed by atoms with Crippen molar-refractivity contribution < 1.29 is 14.3 Å². The van der Waals surface area contributed by atoms with Gasteiger partial charge in [0.2, 0.25) is 11.8 Å². The number of hydrogen-bond acceptors (Lipinski definition) is 4. The summed E-state index contributed by atoms with van der Waals surface area (Å²) < 4.78 is 5.50. The van der Waals surface area contributed by atoms with Crippen LogP contribution in [0.1, 0.15) is 23.1 Å². The van der Waals surface area contributed by atoms with E-state index in [0.717, 1.165) is 16.6 Å². The van der Waals surface area contributed by atoms with Crippen molar-refractivity contribution in [2.24, 2.45) is 0 Å². The highest BCUT2D eigenvalue weighted by Gasteiger charge is 2.10. The van der Waals surface area contributed by atoms with Crippen LogP contribution in [0.5, 0.6) is 0 Å². The Morgan fingerprint density at radius 3 is 2.79 bits per heavy atom. The van der Waals surface area contributed by atoms with Crippen molar-refractivity contribution in [3.05, 3.63) is 71.6 Å². The first-order valence-electron chi connectivity index (χ1n) is 7.68. The Bertz CT molecular complexity index is 850. The molecule has 0 bridgehead atoms. The number of oxazole rings is 1. The zero-order chi connectivity index (χ0) is 16.9. The van der Waals surface area contributed by atoms with Gasteiger partial charge in [0.1, 0.15) is 5.52 Å². The Morgan fingerprint density at radius 1 is 1.25 bits per heavy atom. The lowest BCUT2D eigenvalue weighted by molar-refractivity contribution is -0.116. The van der Waals surface area contributed by atoms with Crippen molar-refractivity contribution in [3.8, 4) is 0 Å². The number of aryl methyl sites for hydroxylation is 1. The van der Waals surface area contributed by atoms with Gasteiger partial charge >= 0.3 is 0 Å². The summed E-state index contributed by atoms with van der Waals surface area (Å²) >= 11 is 0. The highest BCUT2D eigenvalue weighted by atomic mass is 16.3. The molecule has 3 aromatic rings. The predicted octanol–water partition coefficient (Wildman–Crippen LogP) is 3.00. The van der Waals surface area contributed by atoms with E-state index in [0.29, 0.717) is 11.5 Å². The zero-order valence-electron chi connectivity index (χ0n) is 13.3. The molecule has 1 heterocycles. The van der Waals surface area contributed by atoms with E-state index in [-0.39, 0.29) is 12.5 Å². The summed E-state index contributed by atoms with van der Waals surface area (Å²) in [4.78, 5) is 16.1. The maximum Gasteiger partial charge on any atom is 0.244 e. The van der Waals surface area contributed by atoms with Crippen LogP contribution in [-0.2, 0) is 4.79 Å². The number of amides is 1. The van der Waals surface area contributed by atoms with E-state index >= 15 is 0 Å². The summed E-state index contributed by atoms with van der Waals surface area (Å²) in [6.45, 7) is 2.06. The fraction of sp³-hybridized carbons (Fsp3) is 0.158. The van der Waals surface area contributed by atoms with Gasteiger partial charge in [-0.2, -0.15) is 0 Å². The van der Waals surface area contributed by atoms with Crippen molar-refractivity contribution in [2.75, 3.05) is 6.54 Å². The number of nitrogens with zero attached hydrogens (tertiary/aromatic N) is 1. The molecule has 5 nitrogen and oxygen atoms in total. The molecule has 1 unspecified atom stereocenters. The van der Waals surface area contributed by atoms with Crippen molar-refractivity contribution in [3.63, 3.8) is 0 Å². The molecule has 0 aliphatic rings. The molecule has 0 saturated carbocycles. The molecule has 0 radical (unpaired) electrons. The summed E-state index contributed by atoms with van der Waals surface area (Å²) in [5.74, 6) is 0.0516. The number of aliphatic hydroxyl groups excluding tert-OH is 1. The summed E-state index contributed by atoms with van der Waals surface area (Å²) in [6.07, 6.45) is 2.11. The van der Waals surface area contributed by atoms with Gasteiger partial charge in [-0.15, -0.1) is 0 Å². The van der Waals surface area contributed by atoms with Crippen LogP contribution in [0.15, 0.2) is 59.0 Å². The lowest BCUT2D eigenvalue weighted by Crippen LogP contribution is -2.26. The molecule has 1 atom stereocenters. The molecule has 0 saturated heterocycles. The van der Waals surface area contributed by atoms with Crippen molar-refractivity contribution in [1.82, 2.24) is 10.3 Å². The molecule has 5 heteroatoms. The molecule has 1 amide bonds. The van der Waals surface area contributed by atoms with Gasteiger partial charge in [-0.3, -0.25) is 4.79 Å². The Morgan fingerprint density at radius 2 is 2.00 bits per heavy atom. The second kappa shape index (κ2) is 7.10. The minimum atomic E-state index is -0.743. The van der Waals surface area contributed by atoms with Crippen LogP contribution in [0, 0.1) is 6.92 Å². The minimum Gasteiger partial charge on any atom is -0.437 e. The van der Waals surface area contributed by atoms with Crippen LogP contribution >= 0.6 is 0 Å². The number of carbonyl (C=O) groups is 1. The third-order valence-corrected chi connectivity index (χ3v) is 3.70. The number of rotatable bonds is 5. The molecular weight excluding hydrogens is 304 g/mol. The molecule has 3 rings (SSSR count). The van der Waals surface area contributed by atoms with Gasteiger partial charge in [-0.25, -0.2) is 4.98 Å². The first kappa shape index (κ1) is 16.0. The molecule has 0 spiro atoms. The monoisotopic (exact) mass is 322 g/mol. The smallest absolute Gasteiger partial charge is 0.244 e. The van der Waals surface area contributed by atoms with E-state index in [4.69, 9.17) is 4.42 Å². The molecule has 2 aromatic carbocycles. The number of benzene rings is 2. The molecule has 0 aliphatic carbocycles. The van der Waals surface area contributed by atoms with Gasteiger partial charge in [0.05, 0.1) is 6.10 Å². The highest BCUT2D eigenvalue weighted by Crippen LogP contribution is 2.17. The number of nitrogens with one attached hydrogen (secondary N) is 1. The number of aliphatic hydroxyl groups is 1. The molecule has 122 valence electrons. The van der Waals surface area contributed by atoms with Crippen molar-refractivity contribution in [2.45, 2.75) is 13.0 Å². The largest absolute Gasteiger partial charge is 0.437 e. The first-order chi connectivity index (χ1) is 11.6. The third kappa shape index (κ3) is 3.70. The maximum atomic E-state index is 11.9. The Kier molecular flexibility index (Phi) is 4.72. The Hall–Kier alpha value is -2.92. The fourth-order valence-electron chi connectivity index (χ4n) is 2.44. The van der Waals surface area contributed by atoms with Gasteiger partial charge in [-0.05, 0) is 30.2 Å². The molecule has 0 aliphatic heterocycles. The highest BCUT2D eigenvalue weighted by molar-refractivity contribution is 5.91. The van der Waals surface area contributed by atoms with Gasteiger partial charge in [0, 0.05) is 18.7 Å². The quantitative estimate of drug-likeness (QED) is 0.708. The first-order valence-corrected chi connectivity index (χ1v) is 7.68. The summed E-state index contributed by atoms with van der Waals surface area (Å²) in [7, 11) is 0. The Labute approximate surface area is 139 Å². The van der Waals surface area contributed by atoms with Crippen molar-refractivity contribution in [1.29, 1.82) is 0 Å². The van der Waals surface area contributed by atoms with Crippen LogP contribution in [-0.4, -0.2) is 22.5 Å². The van der Waals surface area contributed by atoms with Crippen LogP contribution in [0.3, 0.4) is 0 Å². The van der Waals surface area contributed by atoms with Crippen molar-refractivity contribution >= 4 is 23.1 Å². The molecular formula is C19H18N2O3. The summed E-state index contributed by atoms with van der Waals surface area (Å²) in [6, 6.07) is 14.9. The average molecular weight is 322 g/mol. The predicted molar refractivity (Wildman–Crippen MR) is 92.2 cm³/mol.